The summed E-state index contributed by atoms with van der Waals surface area (Å²) in [6.45, 7) is 0. The Morgan fingerprint density at radius 1 is 1.24 bits per heavy atom. The minimum atomic E-state index is -0.729. The third-order valence-electron chi connectivity index (χ3n) is 3.07. The van der Waals surface area contributed by atoms with Crippen LogP contribution < -0.4 is 5.32 Å². The molecule has 2 unspecified atom stereocenters. The highest BCUT2D eigenvalue weighted by molar-refractivity contribution is 6.33. The van der Waals surface area contributed by atoms with Crippen molar-refractivity contribution in [3.05, 3.63) is 28.8 Å². The molecule has 1 saturated carbocycles. The summed E-state index contributed by atoms with van der Waals surface area (Å²) >= 11 is 5.78. The van der Waals surface area contributed by atoms with Gasteiger partial charge in [-0.1, -0.05) is 24.4 Å². The minimum absolute atomic E-state index is 0.000253. The Balaban J connectivity index is 2.17. The summed E-state index contributed by atoms with van der Waals surface area (Å²) in [5, 5.41) is 12.6. The molecule has 5 heteroatoms. The average Bonchev–Trinajstić information content (AvgIpc) is 2.25. The number of benzene rings is 1. The van der Waals surface area contributed by atoms with Crippen LogP contribution in [0.15, 0.2) is 12.1 Å². The molecule has 2 rings (SSSR count). The quantitative estimate of drug-likeness (QED) is 0.856. The third-order valence-corrected chi connectivity index (χ3v) is 3.36. The molecule has 1 aliphatic rings. The van der Waals surface area contributed by atoms with Crippen LogP contribution in [0.4, 0.5) is 14.5 Å². The van der Waals surface area contributed by atoms with Gasteiger partial charge in [-0.15, -0.1) is 0 Å². The molecule has 1 aromatic carbocycles. The fraction of sp³-hybridized carbons (Fsp3) is 0.500. The lowest BCUT2D eigenvalue weighted by Crippen LogP contribution is -2.36. The van der Waals surface area contributed by atoms with Gasteiger partial charge < -0.3 is 10.4 Å². The largest absolute Gasteiger partial charge is 0.391 e. The molecular formula is C12H14ClF2NO. The zero-order chi connectivity index (χ0) is 12.4. The first kappa shape index (κ1) is 12.6. The molecule has 1 aromatic rings. The summed E-state index contributed by atoms with van der Waals surface area (Å²) in [5.74, 6) is -1.44. The van der Waals surface area contributed by atoms with Crippen LogP contribution in [-0.4, -0.2) is 17.3 Å². The van der Waals surface area contributed by atoms with Gasteiger partial charge in [0.1, 0.15) is 5.82 Å². The summed E-state index contributed by atoms with van der Waals surface area (Å²) in [4.78, 5) is 0. The lowest BCUT2D eigenvalue weighted by atomic mass is 9.92. The van der Waals surface area contributed by atoms with Crippen LogP contribution in [0.3, 0.4) is 0 Å². The molecule has 0 saturated heterocycles. The van der Waals surface area contributed by atoms with E-state index in [1.165, 1.54) is 0 Å². The second-order valence-electron chi connectivity index (χ2n) is 4.35. The molecule has 1 aliphatic carbocycles. The van der Waals surface area contributed by atoms with Gasteiger partial charge in [0, 0.05) is 6.07 Å². The van der Waals surface area contributed by atoms with E-state index in [1.54, 1.807) is 0 Å². The van der Waals surface area contributed by atoms with Crippen LogP contribution in [0, 0.1) is 11.6 Å². The lowest BCUT2D eigenvalue weighted by Gasteiger charge is -2.29. The molecule has 0 amide bonds. The maximum atomic E-state index is 13.5. The van der Waals surface area contributed by atoms with E-state index in [4.69, 9.17) is 11.6 Å². The number of halogens is 3. The monoisotopic (exact) mass is 261 g/mol. The smallest absolute Gasteiger partial charge is 0.150 e. The van der Waals surface area contributed by atoms with Gasteiger partial charge in [0.05, 0.1) is 22.9 Å². The molecule has 0 aliphatic heterocycles. The fourth-order valence-electron chi connectivity index (χ4n) is 2.15. The van der Waals surface area contributed by atoms with Crippen molar-refractivity contribution in [1.29, 1.82) is 0 Å². The first-order valence-electron chi connectivity index (χ1n) is 5.67. The van der Waals surface area contributed by atoms with E-state index >= 15 is 0 Å². The van der Waals surface area contributed by atoms with Crippen molar-refractivity contribution in [3.8, 4) is 0 Å². The Morgan fingerprint density at radius 2 is 1.94 bits per heavy atom. The zero-order valence-corrected chi connectivity index (χ0v) is 9.97. The van der Waals surface area contributed by atoms with E-state index < -0.39 is 17.7 Å². The average molecular weight is 262 g/mol. The van der Waals surface area contributed by atoms with Gasteiger partial charge in [-0.3, -0.25) is 0 Å². The van der Waals surface area contributed by atoms with Gasteiger partial charge >= 0.3 is 0 Å². The van der Waals surface area contributed by atoms with Gasteiger partial charge in [0.15, 0.2) is 5.82 Å². The number of aliphatic hydroxyl groups excluding tert-OH is 1. The predicted octanol–water partition coefficient (Wildman–Crippen LogP) is 3.33. The Hall–Kier alpha value is -0.870. The highest BCUT2D eigenvalue weighted by Crippen LogP contribution is 2.30. The summed E-state index contributed by atoms with van der Waals surface area (Å²) < 4.78 is 26.4. The molecule has 0 radical (unpaired) electrons. The van der Waals surface area contributed by atoms with E-state index in [-0.39, 0.29) is 16.8 Å². The number of aliphatic hydroxyl groups is 1. The molecule has 1 fully saturated rings. The van der Waals surface area contributed by atoms with Gasteiger partial charge in [0.25, 0.3) is 0 Å². The Morgan fingerprint density at radius 3 is 2.59 bits per heavy atom. The van der Waals surface area contributed by atoms with Crippen molar-refractivity contribution < 1.29 is 13.9 Å². The van der Waals surface area contributed by atoms with Gasteiger partial charge in [0.2, 0.25) is 0 Å². The maximum Gasteiger partial charge on any atom is 0.150 e. The second kappa shape index (κ2) is 5.19. The van der Waals surface area contributed by atoms with Crippen LogP contribution in [0.25, 0.3) is 0 Å². The second-order valence-corrected chi connectivity index (χ2v) is 4.75. The van der Waals surface area contributed by atoms with Crippen molar-refractivity contribution in [2.75, 3.05) is 5.32 Å². The molecule has 0 bridgehead atoms. The predicted molar refractivity (Wildman–Crippen MR) is 63.3 cm³/mol. The van der Waals surface area contributed by atoms with Crippen LogP contribution in [0.1, 0.15) is 25.7 Å². The van der Waals surface area contributed by atoms with Gasteiger partial charge in [-0.05, 0) is 18.9 Å². The van der Waals surface area contributed by atoms with Crippen molar-refractivity contribution in [3.63, 3.8) is 0 Å². The standard InChI is InChI=1S/C12H14ClF2NO/c13-8-5-7(14)6-9(15)12(8)16-10-3-1-2-4-11(10)17/h5-6,10-11,16-17H,1-4H2. The molecule has 2 atom stereocenters. The van der Waals surface area contributed by atoms with Crippen molar-refractivity contribution >= 4 is 17.3 Å². The molecular weight excluding hydrogens is 248 g/mol. The van der Waals surface area contributed by atoms with Crippen LogP contribution in [0.2, 0.25) is 5.02 Å². The first-order chi connectivity index (χ1) is 8.08. The molecule has 0 aromatic heterocycles. The van der Waals surface area contributed by atoms with Gasteiger partial charge in [-0.25, -0.2) is 8.78 Å². The van der Waals surface area contributed by atoms with E-state index in [1.807, 2.05) is 0 Å². The molecule has 0 spiro atoms. The number of hydrogen-bond acceptors (Lipinski definition) is 2. The van der Waals surface area contributed by atoms with Crippen LogP contribution in [-0.2, 0) is 0 Å². The number of anilines is 1. The van der Waals surface area contributed by atoms with E-state index in [9.17, 15) is 13.9 Å². The first-order valence-corrected chi connectivity index (χ1v) is 6.05. The van der Waals surface area contributed by atoms with Crippen LogP contribution >= 0.6 is 11.6 Å². The van der Waals surface area contributed by atoms with Crippen molar-refractivity contribution in [1.82, 2.24) is 0 Å². The summed E-state index contributed by atoms with van der Waals surface area (Å²) in [7, 11) is 0. The molecule has 2 nitrogen and oxygen atoms in total. The van der Waals surface area contributed by atoms with E-state index in [0.29, 0.717) is 6.42 Å². The Bertz CT molecular complexity index is 390. The lowest BCUT2D eigenvalue weighted by molar-refractivity contribution is 0.116. The number of rotatable bonds is 2. The molecule has 2 N–H and O–H groups in total. The van der Waals surface area contributed by atoms with Crippen molar-refractivity contribution in [2.45, 2.75) is 37.8 Å². The Labute approximate surface area is 104 Å². The number of nitrogens with one attached hydrogen (secondary N) is 1. The summed E-state index contributed by atoms with van der Waals surface area (Å²) in [6.07, 6.45) is 2.89. The van der Waals surface area contributed by atoms with Crippen LogP contribution in [0.5, 0.6) is 0 Å². The highest BCUT2D eigenvalue weighted by atomic mass is 35.5. The molecule has 0 heterocycles. The van der Waals surface area contributed by atoms with E-state index in [0.717, 1.165) is 31.4 Å². The SMILES string of the molecule is OC1CCCCC1Nc1c(F)cc(F)cc1Cl. The highest BCUT2D eigenvalue weighted by Gasteiger charge is 2.24. The Kier molecular flexibility index (Phi) is 3.84. The molecule has 94 valence electrons. The summed E-state index contributed by atoms with van der Waals surface area (Å²) in [5.41, 5.74) is 0.0685. The topological polar surface area (TPSA) is 32.3 Å². The van der Waals surface area contributed by atoms with Gasteiger partial charge in [-0.2, -0.15) is 0 Å². The summed E-state index contributed by atoms with van der Waals surface area (Å²) in [6, 6.07) is 1.62. The van der Waals surface area contributed by atoms with Crippen molar-refractivity contribution in [2.24, 2.45) is 0 Å². The zero-order valence-electron chi connectivity index (χ0n) is 9.22. The third kappa shape index (κ3) is 2.87. The minimum Gasteiger partial charge on any atom is -0.391 e. The number of hydrogen-bond donors (Lipinski definition) is 2. The van der Waals surface area contributed by atoms with E-state index in [2.05, 4.69) is 5.32 Å². The normalized spacial score (nSPS) is 24.7. The fourth-order valence-corrected chi connectivity index (χ4v) is 2.39. The molecule has 17 heavy (non-hydrogen) atoms. The maximum absolute atomic E-state index is 13.5.